The zero-order valence-corrected chi connectivity index (χ0v) is 15.1. The second-order valence-electron chi connectivity index (χ2n) is 5.73. The van der Waals surface area contributed by atoms with Gasteiger partial charge in [0.2, 0.25) is 0 Å². The van der Waals surface area contributed by atoms with E-state index in [-0.39, 0.29) is 11.3 Å². The lowest BCUT2D eigenvalue weighted by Crippen LogP contribution is -2.36. The van der Waals surface area contributed by atoms with Crippen molar-refractivity contribution < 1.29 is 14.5 Å². The van der Waals surface area contributed by atoms with E-state index in [0.717, 1.165) is 16.7 Å². The van der Waals surface area contributed by atoms with Crippen LogP contribution in [0.5, 0.6) is 0 Å². The molecule has 0 radical (unpaired) electrons. The van der Waals surface area contributed by atoms with E-state index in [9.17, 15) is 14.9 Å². The molecule has 2 aromatic carbocycles. The summed E-state index contributed by atoms with van der Waals surface area (Å²) in [6.45, 7) is 2.16. The molecule has 0 aliphatic carbocycles. The minimum absolute atomic E-state index is 0.106. The van der Waals surface area contributed by atoms with Crippen molar-refractivity contribution in [2.45, 2.75) is 4.90 Å². The number of nitrogens with one attached hydrogen (secondary N) is 1. The number of hydrogen-bond acceptors (Lipinski definition) is 7. The lowest BCUT2D eigenvalue weighted by molar-refractivity contribution is -0.384. The molecule has 0 aromatic heterocycles. The molecular weight excluding hydrogens is 368 g/mol. The van der Waals surface area contributed by atoms with Crippen LogP contribution in [0.4, 0.5) is 17.1 Å². The maximum atomic E-state index is 12.5. The van der Waals surface area contributed by atoms with Crippen LogP contribution in [0, 0.1) is 20.8 Å². The van der Waals surface area contributed by atoms with Gasteiger partial charge in [-0.15, -0.1) is 0 Å². The molecule has 1 aliphatic rings. The number of nitrogens with zero attached hydrogens (tertiary/aromatic N) is 3. The van der Waals surface area contributed by atoms with Crippen molar-refractivity contribution in [3.05, 3.63) is 58.1 Å². The third kappa shape index (κ3) is 4.55. The Labute approximate surface area is 159 Å². The predicted molar refractivity (Wildman–Crippen MR) is 102 cm³/mol. The molecule has 1 heterocycles. The Morgan fingerprint density at radius 2 is 1.93 bits per heavy atom. The SMILES string of the molecule is N#CSc1ccc(NC(=O)c2ccc(N3CCOCC3)c([N+](=O)[O-])c2)cc1. The van der Waals surface area contributed by atoms with E-state index >= 15 is 0 Å². The van der Waals surface area contributed by atoms with Gasteiger partial charge in [-0.05, 0) is 48.2 Å². The number of ether oxygens (including phenoxy) is 1. The molecule has 3 rings (SSSR count). The lowest BCUT2D eigenvalue weighted by atomic mass is 10.1. The van der Waals surface area contributed by atoms with Crippen molar-refractivity contribution in [3.8, 4) is 5.40 Å². The van der Waals surface area contributed by atoms with Gasteiger partial charge in [-0.2, -0.15) is 5.26 Å². The van der Waals surface area contributed by atoms with E-state index in [1.54, 1.807) is 36.4 Å². The van der Waals surface area contributed by atoms with Crippen molar-refractivity contribution in [2.24, 2.45) is 0 Å². The standard InChI is InChI=1S/C18H16N4O4S/c19-12-27-15-4-2-14(3-5-15)20-18(23)13-1-6-16(17(11-13)22(24)25)21-7-9-26-10-8-21/h1-6,11H,7-10H2,(H,20,23). The summed E-state index contributed by atoms with van der Waals surface area (Å²) < 4.78 is 5.28. The number of amides is 1. The molecule has 1 fully saturated rings. The normalized spacial score (nSPS) is 13.7. The number of carbonyl (C=O) groups excluding carboxylic acids is 1. The highest BCUT2D eigenvalue weighted by Crippen LogP contribution is 2.30. The minimum atomic E-state index is -0.477. The smallest absolute Gasteiger partial charge is 0.293 e. The Hall–Kier alpha value is -3.09. The third-order valence-corrected chi connectivity index (χ3v) is 4.66. The van der Waals surface area contributed by atoms with Gasteiger partial charge in [-0.3, -0.25) is 14.9 Å². The molecule has 1 N–H and O–H groups in total. The van der Waals surface area contributed by atoms with Gasteiger partial charge in [0.05, 0.1) is 18.1 Å². The molecule has 9 heteroatoms. The van der Waals surface area contributed by atoms with Gasteiger partial charge < -0.3 is 15.0 Å². The van der Waals surface area contributed by atoms with Crippen LogP contribution in [0.15, 0.2) is 47.4 Å². The fourth-order valence-corrected chi connectivity index (χ4v) is 3.12. The number of nitro benzene ring substituents is 1. The quantitative estimate of drug-likeness (QED) is 0.365. The molecular formula is C18H16N4O4S. The number of benzene rings is 2. The summed E-state index contributed by atoms with van der Waals surface area (Å²) >= 11 is 1.02. The summed E-state index contributed by atoms with van der Waals surface area (Å²) in [4.78, 5) is 26.1. The number of rotatable bonds is 5. The molecule has 2 aromatic rings. The number of anilines is 2. The van der Waals surface area contributed by atoms with Gasteiger partial charge >= 0.3 is 0 Å². The second kappa shape index (κ2) is 8.53. The summed E-state index contributed by atoms with van der Waals surface area (Å²) in [5.41, 5.74) is 1.12. The van der Waals surface area contributed by atoms with Gasteiger partial charge in [0, 0.05) is 35.3 Å². The summed E-state index contributed by atoms with van der Waals surface area (Å²) in [5.74, 6) is -0.438. The summed E-state index contributed by atoms with van der Waals surface area (Å²) in [7, 11) is 0. The van der Waals surface area contributed by atoms with E-state index in [0.29, 0.717) is 37.7 Å². The molecule has 0 spiro atoms. The highest BCUT2D eigenvalue weighted by atomic mass is 32.2. The number of hydrogen-bond donors (Lipinski definition) is 1. The molecule has 0 unspecified atom stereocenters. The van der Waals surface area contributed by atoms with E-state index in [1.807, 2.05) is 10.3 Å². The van der Waals surface area contributed by atoms with Crippen LogP contribution in [0.25, 0.3) is 0 Å². The zero-order valence-electron chi connectivity index (χ0n) is 14.3. The number of morpholine rings is 1. The van der Waals surface area contributed by atoms with Crippen LogP contribution in [-0.4, -0.2) is 37.1 Å². The van der Waals surface area contributed by atoms with Crippen molar-refractivity contribution in [1.29, 1.82) is 5.26 Å². The molecule has 1 aliphatic heterocycles. The van der Waals surface area contributed by atoms with Crippen LogP contribution >= 0.6 is 11.8 Å². The van der Waals surface area contributed by atoms with Crippen LogP contribution < -0.4 is 10.2 Å². The van der Waals surface area contributed by atoms with E-state index in [2.05, 4.69) is 5.32 Å². The molecule has 27 heavy (non-hydrogen) atoms. The van der Waals surface area contributed by atoms with Gasteiger partial charge in [-0.25, -0.2) is 0 Å². The van der Waals surface area contributed by atoms with Crippen molar-refractivity contribution in [3.63, 3.8) is 0 Å². The van der Waals surface area contributed by atoms with Crippen molar-refractivity contribution >= 4 is 34.7 Å². The van der Waals surface area contributed by atoms with Crippen molar-refractivity contribution in [2.75, 3.05) is 36.5 Å². The first-order valence-corrected chi connectivity index (χ1v) is 8.98. The van der Waals surface area contributed by atoms with Gasteiger partial charge in [-0.1, -0.05) is 0 Å². The molecule has 0 atom stereocenters. The fourth-order valence-electron chi connectivity index (χ4n) is 2.74. The molecule has 1 amide bonds. The van der Waals surface area contributed by atoms with Crippen LogP contribution in [0.1, 0.15) is 10.4 Å². The van der Waals surface area contributed by atoms with Gasteiger partial charge in [0.15, 0.2) is 0 Å². The average molecular weight is 384 g/mol. The zero-order chi connectivity index (χ0) is 19.2. The van der Waals surface area contributed by atoms with E-state index in [1.165, 1.54) is 6.07 Å². The van der Waals surface area contributed by atoms with Gasteiger partial charge in [0.1, 0.15) is 11.1 Å². The van der Waals surface area contributed by atoms with Gasteiger partial charge in [0.25, 0.3) is 11.6 Å². The highest BCUT2D eigenvalue weighted by molar-refractivity contribution is 8.03. The Balaban J connectivity index is 1.79. The largest absolute Gasteiger partial charge is 0.378 e. The summed E-state index contributed by atoms with van der Waals surface area (Å²) in [6, 6.07) is 11.3. The molecule has 1 saturated heterocycles. The van der Waals surface area contributed by atoms with E-state index < -0.39 is 10.8 Å². The number of thiocyanates is 1. The molecule has 138 valence electrons. The Kier molecular flexibility index (Phi) is 5.90. The topological polar surface area (TPSA) is 108 Å². The lowest BCUT2D eigenvalue weighted by Gasteiger charge is -2.28. The maximum absolute atomic E-state index is 12.5. The first kappa shape index (κ1) is 18.7. The Morgan fingerprint density at radius 3 is 2.56 bits per heavy atom. The van der Waals surface area contributed by atoms with Crippen molar-refractivity contribution in [1.82, 2.24) is 0 Å². The number of nitriles is 1. The van der Waals surface area contributed by atoms with E-state index in [4.69, 9.17) is 10.00 Å². The second-order valence-corrected chi connectivity index (χ2v) is 6.59. The molecule has 0 saturated carbocycles. The number of thioether (sulfide) groups is 1. The maximum Gasteiger partial charge on any atom is 0.293 e. The first-order valence-electron chi connectivity index (χ1n) is 8.17. The Morgan fingerprint density at radius 1 is 1.22 bits per heavy atom. The average Bonchev–Trinajstić information content (AvgIpc) is 2.70. The fraction of sp³-hybridized carbons (Fsp3) is 0.222. The highest BCUT2D eigenvalue weighted by Gasteiger charge is 2.23. The third-order valence-electron chi connectivity index (χ3n) is 4.06. The molecule has 8 nitrogen and oxygen atoms in total. The number of nitro groups is 1. The minimum Gasteiger partial charge on any atom is -0.378 e. The summed E-state index contributed by atoms with van der Waals surface area (Å²) in [5, 5.41) is 24.8. The first-order chi connectivity index (χ1) is 13.1. The predicted octanol–water partition coefficient (Wildman–Crippen LogP) is 3.26. The summed E-state index contributed by atoms with van der Waals surface area (Å²) in [6.07, 6.45) is 0. The van der Waals surface area contributed by atoms with Crippen LogP contribution in [0.2, 0.25) is 0 Å². The van der Waals surface area contributed by atoms with Crippen LogP contribution in [-0.2, 0) is 4.74 Å². The Bertz CT molecular complexity index is 889. The monoisotopic (exact) mass is 384 g/mol. The number of carbonyl (C=O) groups is 1. The van der Waals surface area contributed by atoms with Crippen LogP contribution in [0.3, 0.4) is 0 Å². The molecule has 0 bridgehead atoms.